The lowest BCUT2D eigenvalue weighted by molar-refractivity contribution is -0.115. The molecule has 160 valence electrons. The van der Waals surface area contributed by atoms with E-state index in [4.69, 9.17) is 27.9 Å². The van der Waals surface area contributed by atoms with Crippen LogP contribution in [-0.2, 0) is 4.74 Å². The zero-order chi connectivity index (χ0) is 21.6. The zero-order valence-electron chi connectivity index (χ0n) is 16.1. The van der Waals surface area contributed by atoms with Gasteiger partial charge in [-0.25, -0.2) is 4.98 Å². The predicted molar refractivity (Wildman–Crippen MR) is 111 cm³/mol. The van der Waals surface area contributed by atoms with Gasteiger partial charge in [0.15, 0.2) is 11.7 Å². The number of fused-ring (bicyclic) bond motifs is 1. The van der Waals surface area contributed by atoms with Gasteiger partial charge in [0.2, 0.25) is 0 Å². The maximum atomic E-state index is 11.0. The highest BCUT2D eigenvalue weighted by Gasteiger charge is 2.55. The van der Waals surface area contributed by atoms with E-state index in [1.165, 1.54) is 19.3 Å². The molecule has 1 fully saturated rings. The highest BCUT2D eigenvalue weighted by molar-refractivity contribution is 6.42. The molecule has 3 aromatic rings. The fourth-order valence-electron chi connectivity index (χ4n) is 3.71. The van der Waals surface area contributed by atoms with Crippen molar-refractivity contribution in [3.05, 3.63) is 57.9 Å². The van der Waals surface area contributed by atoms with E-state index in [9.17, 15) is 15.3 Å². The second-order valence-electron chi connectivity index (χ2n) is 7.28. The fraction of sp³-hybridized carbons (Fsp3) is 0.368. The van der Waals surface area contributed by atoms with Gasteiger partial charge < -0.3 is 35.0 Å². The Labute approximate surface area is 181 Å². The first-order valence-electron chi connectivity index (χ1n) is 9.19. The molecule has 1 aromatic carbocycles. The van der Waals surface area contributed by atoms with Gasteiger partial charge in [-0.2, -0.15) is 5.10 Å². The third kappa shape index (κ3) is 3.37. The predicted octanol–water partition coefficient (Wildman–Crippen LogP) is 1.45. The summed E-state index contributed by atoms with van der Waals surface area (Å²) in [6.45, 7) is 1.42. The molecule has 0 amide bonds. The molecular formula is C19H21Cl2N5O4. The molecule has 3 heterocycles. The molecule has 1 aliphatic rings. The van der Waals surface area contributed by atoms with Gasteiger partial charge >= 0.3 is 0 Å². The monoisotopic (exact) mass is 453 g/mol. The van der Waals surface area contributed by atoms with Crippen molar-refractivity contribution in [1.29, 1.82) is 0 Å². The minimum Gasteiger partial charge on any atom is -0.386 e. The summed E-state index contributed by atoms with van der Waals surface area (Å²) in [4.78, 5) is 7.18. The normalized spacial score (nSPS) is 28.2. The molecule has 5 N–H and O–H groups in total. The lowest BCUT2D eigenvalue weighted by Gasteiger charge is -2.29. The van der Waals surface area contributed by atoms with Crippen molar-refractivity contribution in [1.82, 2.24) is 20.0 Å². The summed E-state index contributed by atoms with van der Waals surface area (Å²) >= 11 is 12.0. The van der Waals surface area contributed by atoms with Crippen LogP contribution in [0.4, 0.5) is 0 Å². The van der Waals surface area contributed by atoms with Gasteiger partial charge in [0, 0.05) is 13.2 Å². The molecule has 30 heavy (non-hydrogen) atoms. The van der Waals surface area contributed by atoms with Gasteiger partial charge in [0.05, 0.1) is 21.8 Å². The van der Waals surface area contributed by atoms with Crippen molar-refractivity contribution in [2.75, 3.05) is 7.05 Å². The Morgan fingerprint density at radius 1 is 1.33 bits per heavy atom. The Hall–Kier alpha value is -2.14. The van der Waals surface area contributed by atoms with Gasteiger partial charge in [-0.1, -0.05) is 29.3 Å². The first kappa shape index (κ1) is 21.1. The van der Waals surface area contributed by atoms with Crippen LogP contribution < -0.4 is 10.9 Å². The molecule has 1 aliphatic heterocycles. The number of nitrogens with zero attached hydrogens (tertiary/aromatic N) is 3. The van der Waals surface area contributed by atoms with Crippen LogP contribution in [0.2, 0.25) is 10.0 Å². The average molecular weight is 454 g/mol. The van der Waals surface area contributed by atoms with Crippen molar-refractivity contribution in [3.63, 3.8) is 0 Å². The van der Waals surface area contributed by atoms with Crippen molar-refractivity contribution in [3.8, 4) is 0 Å². The van der Waals surface area contributed by atoms with Crippen molar-refractivity contribution < 1.29 is 20.1 Å². The summed E-state index contributed by atoms with van der Waals surface area (Å²) in [5, 5.41) is 38.2. The number of rotatable bonds is 4. The number of nitrogens with one attached hydrogen (secondary N) is 2. The number of hydrogen-bond donors (Lipinski definition) is 5. The Morgan fingerprint density at radius 3 is 2.80 bits per heavy atom. The molecule has 0 radical (unpaired) electrons. The zero-order valence-corrected chi connectivity index (χ0v) is 17.6. The molecule has 9 nitrogen and oxygen atoms in total. The van der Waals surface area contributed by atoms with Gasteiger partial charge in [0.1, 0.15) is 29.6 Å². The maximum absolute atomic E-state index is 11.0. The lowest BCUT2D eigenvalue weighted by atomic mass is 9.88. The van der Waals surface area contributed by atoms with E-state index in [0.717, 1.165) is 0 Å². The molecule has 1 unspecified atom stereocenters. The smallest absolute Gasteiger partial charge is 0.184 e. The molecule has 0 saturated carbocycles. The number of benzene rings is 1. The van der Waals surface area contributed by atoms with E-state index >= 15 is 0 Å². The summed E-state index contributed by atoms with van der Waals surface area (Å²) < 4.78 is 7.61. The van der Waals surface area contributed by atoms with E-state index in [0.29, 0.717) is 27.1 Å². The van der Waals surface area contributed by atoms with E-state index < -0.39 is 30.1 Å². The highest BCUT2D eigenvalue weighted by atomic mass is 35.5. The molecule has 0 bridgehead atoms. The first-order chi connectivity index (χ1) is 14.3. The van der Waals surface area contributed by atoms with Crippen LogP contribution in [0, 0.1) is 0 Å². The molecule has 11 heteroatoms. The van der Waals surface area contributed by atoms with E-state index in [-0.39, 0.29) is 5.02 Å². The third-order valence-electron chi connectivity index (χ3n) is 5.34. The summed E-state index contributed by atoms with van der Waals surface area (Å²) in [5.41, 5.74) is 2.39. The molecule has 5 atom stereocenters. The largest absolute Gasteiger partial charge is 0.386 e. The topological polar surface area (TPSA) is 128 Å². The van der Waals surface area contributed by atoms with Gasteiger partial charge in [-0.3, -0.25) is 0 Å². The molecule has 2 aromatic heterocycles. The van der Waals surface area contributed by atoms with E-state index in [1.54, 1.807) is 36.0 Å². The van der Waals surface area contributed by atoms with Crippen LogP contribution in [0.25, 0.3) is 11.0 Å². The summed E-state index contributed by atoms with van der Waals surface area (Å²) in [5.74, 6) is 0. The minimum absolute atomic E-state index is 0.266. The van der Waals surface area contributed by atoms with E-state index in [2.05, 4.69) is 20.5 Å². The third-order valence-corrected chi connectivity index (χ3v) is 6.08. The first-order valence-corrected chi connectivity index (χ1v) is 9.95. The number of halogens is 2. The minimum atomic E-state index is -1.75. The number of aliphatic hydroxyl groups is 3. The number of aromatic nitrogens is 3. The Kier molecular flexibility index (Phi) is 5.52. The summed E-state index contributed by atoms with van der Waals surface area (Å²) in [6, 6.07) is 6.41. The molecular weight excluding hydrogens is 433 g/mol. The molecule has 0 spiro atoms. The summed E-state index contributed by atoms with van der Waals surface area (Å²) in [7, 11) is 1.66. The van der Waals surface area contributed by atoms with Crippen LogP contribution in [-0.4, -0.2) is 54.7 Å². The molecule has 4 rings (SSSR count). The van der Waals surface area contributed by atoms with Crippen molar-refractivity contribution in [2.45, 2.75) is 37.1 Å². The highest BCUT2D eigenvalue weighted by Crippen LogP contribution is 2.43. The second kappa shape index (κ2) is 7.84. The second-order valence-corrected chi connectivity index (χ2v) is 8.10. The molecule has 1 saturated heterocycles. The average Bonchev–Trinajstić information content (AvgIpc) is 3.24. The number of H-pyrrole nitrogens is 1. The number of ether oxygens (including phenoxy) is 1. The van der Waals surface area contributed by atoms with Crippen LogP contribution in [0.3, 0.4) is 0 Å². The fourth-order valence-corrected chi connectivity index (χ4v) is 4.02. The number of hydrogen-bond acceptors (Lipinski definition) is 7. The maximum Gasteiger partial charge on any atom is 0.184 e. The van der Waals surface area contributed by atoms with Gasteiger partial charge in [0.25, 0.3) is 0 Å². The summed E-state index contributed by atoms with van der Waals surface area (Å²) in [6.07, 6.45) is -1.53. The van der Waals surface area contributed by atoms with Crippen LogP contribution in [0.1, 0.15) is 24.8 Å². The van der Waals surface area contributed by atoms with Gasteiger partial charge in [-0.15, -0.1) is 0 Å². The number of aromatic amines is 1. The lowest BCUT2D eigenvalue weighted by Crippen LogP contribution is -2.47. The van der Waals surface area contributed by atoms with Gasteiger partial charge in [-0.05, 0) is 30.7 Å². The SMILES string of the molecule is CNN=c1nc[nH]c2c1ccn2[C@@H]1O[C@H](C(O)c2ccc(Cl)c(Cl)c2)[C@@](C)(O)[C@H]1O. The Bertz CT molecular complexity index is 1150. The quantitative estimate of drug-likeness (QED) is 0.380. The van der Waals surface area contributed by atoms with Crippen molar-refractivity contribution >= 4 is 34.2 Å². The van der Waals surface area contributed by atoms with Crippen LogP contribution >= 0.6 is 23.2 Å². The van der Waals surface area contributed by atoms with E-state index in [1.807, 2.05) is 0 Å². The Balaban J connectivity index is 1.72. The Morgan fingerprint density at radius 2 is 2.10 bits per heavy atom. The standard InChI is InChI=1S/C19H21Cl2N5O4/c1-19(29)14(28)18(26-6-5-10-16(25-22-2)23-8-24-17(10)26)30-15(19)13(27)9-3-4-11(20)12(21)7-9/h3-8,13-15,18,22,27-29H,1-2H3,(H,23,24,25)/t13?,14-,15+,18+,19-/m0/s1. The van der Waals surface area contributed by atoms with Crippen LogP contribution in [0.15, 0.2) is 41.9 Å². The molecule has 0 aliphatic carbocycles. The van der Waals surface area contributed by atoms with Crippen molar-refractivity contribution in [2.24, 2.45) is 5.10 Å². The van der Waals surface area contributed by atoms with Crippen LogP contribution in [0.5, 0.6) is 0 Å². The number of aliphatic hydroxyl groups excluding tert-OH is 2.